The number of ether oxygens (including phenoxy) is 2. The Morgan fingerprint density at radius 1 is 1.00 bits per heavy atom. The van der Waals surface area contributed by atoms with Crippen molar-refractivity contribution in [3.05, 3.63) is 65.4 Å². The SMILES string of the molecule is CCOCc1cc2c3c([n+](C)ccc3c1)-c1c(c(C)c3ccccc3c1C)O2. The lowest BCUT2D eigenvalue weighted by molar-refractivity contribution is -0.659. The van der Waals surface area contributed by atoms with Gasteiger partial charge in [0.15, 0.2) is 6.20 Å². The maximum absolute atomic E-state index is 6.58. The molecule has 140 valence electrons. The molecule has 0 bridgehead atoms. The Labute approximate surface area is 165 Å². The van der Waals surface area contributed by atoms with Crippen LogP contribution in [0.4, 0.5) is 0 Å². The summed E-state index contributed by atoms with van der Waals surface area (Å²) in [4.78, 5) is 0. The van der Waals surface area contributed by atoms with Crippen LogP contribution in [0, 0.1) is 13.8 Å². The molecule has 0 fully saturated rings. The van der Waals surface area contributed by atoms with Crippen molar-refractivity contribution in [2.45, 2.75) is 27.4 Å². The number of hydrogen-bond donors (Lipinski definition) is 0. The molecule has 0 amide bonds. The summed E-state index contributed by atoms with van der Waals surface area (Å²) in [6, 6.07) is 15.1. The molecular weight excluding hydrogens is 346 g/mol. The first-order valence-electron chi connectivity index (χ1n) is 9.83. The standard InChI is InChI=1S/C25H24NO2/c1-5-27-14-17-12-18-10-11-26(4)24-22-15(2)19-8-6-7-9-20(19)16(3)25(22)28-21(13-17)23(18)24/h6-13H,5,14H2,1-4H3/q+1. The molecule has 5 rings (SSSR count). The van der Waals surface area contributed by atoms with Crippen molar-refractivity contribution in [1.29, 1.82) is 0 Å². The van der Waals surface area contributed by atoms with Gasteiger partial charge >= 0.3 is 0 Å². The summed E-state index contributed by atoms with van der Waals surface area (Å²) >= 11 is 0. The fraction of sp³-hybridized carbons (Fsp3) is 0.240. The molecule has 0 atom stereocenters. The Kier molecular flexibility index (Phi) is 3.88. The number of rotatable bonds is 3. The normalized spacial score (nSPS) is 12.3. The molecule has 0 radical (unpaired) electrons. The smallest absolute Gasteiger partial charge is 0.228 e. The largest absolute Gasteiger partial charge is 0.455 e. The number of benzene rings is 3. The van der Waals surface area contributed by atoms with Gasteiger partial charge in [-0.25, -0.2) is 4.57 Å². The topological polar surface area (TPSA) is 22.3 Å². The number of hydrogen-bond acceptors (Lipinski definition) is 2. The molecular formula is C25H24NO2+. The zero-order valence-electron chi connectivity index (χ0n) is 16.8. The molecule has 0 saturated heterocycles. The molecule has 1 aromatic heterocycles. The average molecular weight is 370 g/mol. The van der Waals surface area contributed by atoms with E-state index in [2.05, 4.69) is 74.1 Å². The first kappa shape index (κ1) is 17.2. The van der Waals surface area contributed by atoms with Crippen molar-refractivity contribution >= 4 is 21.5 Å². The fourth-order valence-corrected chi connectivity index (χ4v) is 4.48. The summed E-state index contributed by atoms with van der Waals surface area (Å²) in [5.74, 6) is 1.89. The maximum Gasteiger partial charge on any atom is 0.228 e. The molecule has 0 spiro atoms. The van der Waals surface area contributed by atoms with Crippen LogP contribution < -0.4 is 9.30 Å². The Bertz CT molecular complexity index is 1260. The molecule has 3 nitrogen and oxygen atoms in total. The highest BCUT2D eigenvalue weighted by Gasteiger charge is 2.31. The predicted octanol–water partition coefficient (Wildman–Crippen LogP) is 5.74. The van der Waals surface area contributed by atoms with Crippen LogP contribution in [0.25, 0.3) is 32.8 Å². The molecule has 0 saturated carbocycles. The van der Waals surface area contributed by atoms with E-state index >= 15 is 0 Å². The van der Waals surface area contributed by atoms with Crippen LogP contribution in [-0.4, -0.2) is 6.61 Å². The summed E-state index contributed by atoms with van der Waals surface area (Å²) in [7, 11) is 2.12. The van der Waals surface area contributed by atoms with Gasteiger partial charge < -0.3 is 9.47 Å². The third-order valence-electron chi connectivity index (χ3n) is 5.86. The van der Waals surface area contributed by atoms with Crippen LogP contribution >= 0.6 is 0 Å². The number of nitrogens with zero attached hydrogens (tertiary/aromatic N) is 1. The zero-order valence-corrected chi connectivity index (χ0v) is 16.8. The van der Waals surface area contributed by atoms with Crippen molar-refractivity contribution < 1.29 is 14.0 Å². The molecule has 0 aliphatic carbocycles. The molecule has 1 aliphatic heterocycles. The van der Waals surface area contributed by atoms with E-state index in [1.165, 1.54) is 43.9 Å². The van der Waals surface area contributed by atoms with Crippen LogP contribution in [0.1, 0.15) is 23.6 Å². The van der Waals surface area contributed by atoms with Gasteiger partial charge in [-0.15, -0.1) is 0 Å². The fourth-order valence-electron chi connectivity index (χ4n) is 4.48. The minimum atomic E-state index is 0.599. The van der Waals surface area contributed by atoms with Crippen molar-refractivity contribution in [2.75, 3.05) is 6.61 Å². The first-order valence-corrected chi connectivity index (χ1v) is 9.83. The van der Waals surface area contributed by atoms with Crippen LogP contribution in [0.3, 0.4) is 0 Å². The predicted molar refractivity (Wildman–Crippen MR) is 113 cm³/mol. The van der Waals surface area contributed by atoms with Gasteiger partial charge in [0.1, 0.15) is 18.5 Å². The summed E-state index contributed by atoms with van der Waals surface area (Å²) in [6.07, 6.45) is 2.14. The van der Waals surface area contributed by atoms with Gasteiger partial charge in [-0.2, -0.15) is 0 Å². The Hall–Kier alpha value is -2.91. The van der Waals surface area contributed by atoms with Gasteiger partial charge in [-0.05, 0) is 60.2 Å². The molecule has 0 unspecified atom stereocenters. The second-order valence-corrected chi connectivity index (χ2v) is 7.57. The quantitative estimate of drug-likeness (QED) is 0.378. The van der Waals surface area contributed by atoms with Crippen molar-refractivity contribution in [3.63, 3.8) is 0 Å². The van der Waals surface area contributed by atoms with Gasteiger partial charge in [0.25, 0.3) is 0 Å². The van der Waals surface area contributed by atoms with Crippen LogP contribution in [-0.2, 0) is 18.4 Å². The van der Waals surface area contributed by atoms with Crippen molar-refractivity contribution in [1.82, 2.24) is 0 Å². The molecule has 28 heavy (non-hydrogen) atoms. The van der Waals surface area contributed by atoms with E-state index in [0.29, 0.717) is 13.2 Å². The van der Waals surface area contributed by atoms with E-state index in [0.717, 1.165) is 17.1 Å². The highest BCUT2D eigenvalue weighted by Crippen LogP contribution is 2.50. The van der Waals surface area contributed by atoms with Gasteiger partial charge in [0, 0.05) is 18.2 Å². The van der Waals surface area contributed by atoms with E-state index in [1.54, 1.807) is 0 Å². The van der Waals surface area contributed by atoms with Gasteiger partial charge in [-0.1, -0.05) is 24.3 Å². The zero-order chi connectivity index (χ0) is 19.4. The summed E-state index contributed by atoms with van der Waals surface area (Å²) in [5, 5.41) is 4.91. The Balaban J connectivity index is 1.89. The summed E-state index contributed by atoms with van der Waals surface area (Å²) in [5.41, 5.74) is 6.03. The van der Waals surface area contributed by atoms with E-state index < -0.39 is 0 Å². The highest BCUT2D eigenvalue weighted by atomic mass is 16.5. The van der Waals surface area contributed by atoms with E-state index in [-0.39, 0.29) is 0 Å². The van der Waals surface area contributed by atoms with Gasteiger partial charge in [0.2, 0.25) is 5.69 Å². The minimum absolute atomic E-state index is 0.599. The monoisotopic (exact) mass is 370 g/mol. The molecule has 4 aromatic rings. The molecule has 3 aromatic carbocycles. The Morgan fingerprint density at radius 3 is 2.50 bits per heavy atom. The number of aromatic nitrogens is 1. The highest BCUT2D eigenvalue weighted by molar-refractivity contribution is 6.06. The first-order chi connectivity index (χ1) is 13.6. The van der Waals surface area contributed by atoms with Crippen LogP contribution in [0.5, 0.6) is 11.5 Å². The van der Waals surface area contributed by atoms with E-state index in [1.807, 2.05) is 6.92 Å². The lowest BCUT2D eigenvalue weighted by Crippen LogP contribution is -2.32. The summed E-state index contributed by atoms with van der Waals surface area (Å²) in [6.45, 7) is 7.69. The molecule has 3 heteroatoms. The second-order valence-electron chi connectivity index (χ2n) is 7.57. The third-order valence-corrected chi connectivity index (χ3v) is 5.86. The average Bonchev–Trinajstić information content (AvgIpc) is 2.72. The molecule has 0 N–H and O–H groups in total. The van der Waals surface area contributed by atoms with Crippen molar-refractivity contribution in [2.24, 2.45) is 7.05 Å². The van der Waals surface area contributed by atoms with Crippen molar-refractivity contribution in [3.8, 4) is 22.8 Å². The van der Waals surface area contributed by atoms with E-state index in [4.69, 9.17) is 9.47 Å². The minimum Gasteiger partial charge on any atom is -0.455 e. The third kappa shape index (κ3) is 2.36. The van der Waals surface area contributed by atoms with Gasteiger partial charge in [0.05, 0.1) is 17.6 Å². The summed E-state index contributed by atoms with van der Waals surface area (Å²) < 4.78 is 14.4. The maximum atomic E-state index is 6.58. The number of fused-ring (bicyclic) bond motifs is 3. The second kappa shape index (κ2) is 6.32. The van der Waals surface area contributed by atoms with E-state index in [9.17, 15) is 0 Å². The number of aryl methyl sites for hydroxylation is 3. The van der Waals surface area contributed by atoms with Crippen LogP contribution in [0.2, 0.25) is 0 Å². The molecule has 1 aliphatic rings. The van der Waals surface area contributed by atoms with Crippen LogP contribution in [0.15, 0.2) is 48.7 Å². The number of pyridine rings is 1. The molecule has 2 heterocycles. The lowest BCUT2D eigenvalue weighted by Gasteiger charge is -2.24. The lowest BCUT2D eigenvalue weighted by atomic mass is 9.89. The van der Waals surface area contributed by atoms with Gasteiger partial charge in [-0.3, -0.25) is 0 Å². The Morgan fingerprint density at radius 2 is 1.75 bits per heavy atom.